The van der Waals surface area contributed by atoms with Crippen molar-refractivity contribution >= 4 is 5.82 Å². The number of nitrogens with one attached hydrogen (secondary N) is 1. The van der Waals surface area contributed by atoms with Gasteiger partial charge in [-0.2, -0.15) is 0 Å². The van der Waals surface area contributed by atoms with Crippen molar-refractivity contribution in [1.82, 2.24) is 15.0 Å². The first-order valence-electron chi connectivity index (χ1n) is 6.00. The molecular weight excluding hydrogens is 188 g/mol. The molecule has 0 aliphatic carbocycles. The number of aromatic nitrogens is 3. The average molecular weight is 210 g/mol. The summed E-state index contributed by atoms with van der Waals surface area (Å²) < 4.78 is 1.92. The van der Waals surface area contributed by atoms with Gasteiger partial charge in [-0.3, -0.25) is 4.68 Å². The summed E-state index contributed by atoms with van der Waals surface area (Å²) in [7, 11) is 0. The minimum atomic E-state index is 0.903. The molecule has 0 atom stereocenters. The maximum atomic E-state index is 4.07. The Labute approximate surface area is 92.1 Å². The second-order valence-corrected chi connectivity index (χ2v) is 3.85. The first-order valence-corrected chi connectivity index (χ1v) is 6.00. The van der Waals surface area contributed by atoms with Crippen LogP contribution in [-0.2, 0) is 6.54 Å². The van der Waals surface area contributed by atoms with Crippen LogP contribution < -0.4 is 5.32 Å². The van der Waals surface area contributed by atoms with Crippen molar-refractivity contribution in [1.29, 1.82) is 0 Å². The summed E-state index contributed by atoms with van der Waals surface area (Å²) in [5.74, 6) is 0.903. The van der Waals surface area contributed by atoms with Gasteiger partial charge in [-0.05, 0) is 12.8 Å². The van der Waals surface area contributed by atoms with Crippen LogP contribution in [-0.4, -0.2) is 21.5 Å². The molecule has 15 heavy (non-hydrogen) atoms. The van der Waals surface area contributed by atoms with Gasteiger partial charge in [-0.15, -0.1) is 5.10 Å². The molecule has 1 N–H and O–H groups in total. The van der Waals surface area contributed by atoms with Gasteiger partial charge in [-0.1, -0.05) is 38.3 Å². The van der Waals surface area contributed by atoms with Crippen molar-refractivity contribution in [2.45, 2.75) is 52.5 Å². The van der Waals surface area contributed by atoms with Crippen LogP contribution in [0.1, 0.15) is 46.0 Å². The van der Waals surface area contributed by atoms with Crippen LogP contribution in [0.25, 0.3) is 0 Å². The molecule has 1 heterocycles. The molecular formula is C11H22N4. The second kappa shape index (κ2) is 7.26. The molecule has 0 radical (unpaired) electrons. The number of hydrogen-bond donors (Lipinski definition) is 1. The van der Waals surface area contributed by atoms with Crippen LogP contribution in [0.5, 0.6) is 0 Å². The lowest BCUT2D eigenvalue weighted by molar-refractivity contribution is 0.537. The van der Waals surface area contributed by atoms with Gasteiger partial charge in [-0.25, -0.2) is 0 Å². The lowest BCUT2D eigenvalue weighted by atomic mass is 10.2. The van der Waals surface area contributed by atoms with Crippen LogP contribution in [0.3, 0.4) is 0 Å². The number of nitrogens with zero attached hydrogens (tertiary/aromatic N) is 3. The van der Waals surface area contributed by atoms with Gasteiger partial charge in [0.15, 0.2) is 5.82 Å². The summed E-state index contributed by atoms with van der Waals surface area (Å²) in [4.78, 5) is 0. The van der Waals surface area contributed by atoms with Crippen LogP contribution in [0, 0.1) is 0 Å². The monoisotopic (exact) mass is 210 g/mol. The van der Waals surface area contributed by atoms with E-state index in [-0.39, 0.29) is 0 Å². The molecule has 0 saturated carbocycles. The highest BCUT2D eigenvalue weighted by molar-refractivity contribution is 5.28. The summed E-state index contributed by atoms with van der Waals surface area (Å²) in [6, 6.07) is 0. The first kappa shape index (κ1) is 12.0. The fourth-order valence-electron chi connectivity index (χ4n) is 1.41. The molecule has 4 heteroatoms. The number of hydrogen-bond acceptors (Lipinski definition) is 3. The third-order valence-electron chi connectivity index (χ3n) is 2.37. The van der Waals surface area contributed by atoms with Crippen molar-refractivity contribution in [2.24, 2.45) is 0 Å². The number of unbranched alkanes of at least 4 members (excludes halogenated alkanes) is 3. The van der Waals surface area contributed by atoms with Crippen molar-refractivity contribution in [3.05, 3.63) is 6.20 Å². The van der Waals surface area contributed by atoms with Crippen LogP contribution in [0.2, 0.25) is 0 Å². The molecule has 0 amide bonds. The topological polar surface area (TPSA) is 42.7 Å². The fraction of sp³-hybridized carbons (Fsp3) is 0.818. The van der Waals surface area contributed by atoms with E-state index in [4.69, 9.17) is 0 Å². The van der Waals surface area contributed by atoms with E-state index in [0.29, 0.717) is 0 Å². The Morgan fingerprint density at radius 3 is 2.73 bits per heavy atom. The zero-order valence-electron chi connectivity index (χ0n) is 9.87. The fourth-order valence-corrected chi connectivity index (χ4v) is 1.41. The molecule has 1 aromatic heterocycles. The van der Waals surface area contributed by atoms with Gasteiger partial charge in [0.1, 0.15) is 0 Å². The Hall–Kier alpha value is -1.06. The van der Waals surface area contributed by atoms with E-state index in [1.807, 2.05) is 10.9 Å². The van der Waals surface area contributed by atoms with Crippen molar-refractivity contribution in [2.75, 3.05) is 11.9 Å². The Morgan fingerprint density at radius 2 is 2.00 bits per heavy atom. The summed E-state index contributed by atoms with van der Waals surface area (Å²) in [6.45, 7) is 6.36. The molecule has 4 nitrogen and oxygen atoms in total. The Kier molecular flexibility index (Phi) is 5.81. The molecule has 0 aromatic carbocycles. The Balaban J connectivity index is 2.23. The number of rotatable bonds is 8. The van der Waals surface area contributed by atoms with Crippen LogP contribution in [0.4, 0.5) is 5.82 Å². The highest BCUT2D eigenvalue weighted by atomic mass is 15.4. The van der Waals surface area contributed by atoms with E-state index in [9.17, 15) is 0 Å². The summed E-state index contributed by atoms with van der Waals surface area (Å²) in [5.41, 5.74) is 0. The van der Waals surface area contributed by atoms with Gasteiger partial charge in [0, 0.05) is 13.1 Å². The zero-order valence-corrected chi connectivity index (χ0v) is 9.87. The lowest BCUT2D eigenvalue weighted by Gasteiger charge is -1.99. The van der Waals surface area contributed by atoms with E-state index in [2.05, 4.69) is 29.5 Å². The van der Waals surface area contributed by atoms with Gasteiger partial charge >= 0.3 is 0 Å². The SMILES string of the molecule is CCCCCn1cc(NCCCC)nn1. The van der Waals surface area contributed by atoms with E-state index >= 15 is 0 Å². The number of anilines is 1. The standard InChI is InChI=1S/C11H22N4/c1-3-5-7-9-15-10-11(13-14-15)12-8-6-4-2/h10,12H,3-9H2,1-2H3. The summed E-state index contributed by atoms with van der Waals surface area (Å²) >= 11 is 0. The molecule has 0 saturated heterocycles. The molecule has 1 aromatic rings. The molecule has 0 bridgehead atoms. The third kappa shape index (κ3) is 4.81. The Bertz CT molecular complexity index is 232. The predicted octanol–water partition coefficient (Wildman–Crippen LogP) is 2.68. The maximum Gasteiger partial charge on any atom is 0.168 e. The van der Waals surface area contributed by atoms with E-state index in [0.717, 1.165) is 18.9 Å². The highest BCUT2D eigenvalue weighted by Crippen LogP contribution is 2.03. The lowest BCUT2D eigenvalue weighted by Crippen LogP contribution is -2.00. The first-order chi connectivity index (χ1) is 7.36. The second-order valence-electron chi connectivity index (χ2n) is 3.85. The average Bonchev–Trinajstić information content (AvgIpc) is 2.67. The minimum Gasteiger partial charge on any atom is -0.367 e. The smallest absolute Gasteiger partial charge is 0.168 e. The quantitative estimate of drug-likeness (QED) is 0.671. The number of aryl methyl sites for hydroxylation is 1. The van der Waals surface area contributed by atoms with E-state index in [1.54, 1.807) is 0 Å². The van der Waals surface area contributed by atoms with Gasteiger partial charge in [0.2, 0.25) is 0 Å². The highest BCUT2D eigenvalue weighted by Gasteiger charge is 1.98. The van der Waals surface area contributed by atoms with Crippen LogP contribution >= 0.6 is 0 Å². The van der Waals surface area contributed by atoms with Crippen molar-refractivity contribution in [3.8, 4) is 0 Å². The molecule has 0 unspecified atom stereocenters. The summed E-state index contributed by atoms with van der Waals surface area (Å²) in [5, 5.41) is 11.4. The molecule has 0 aliphatic rings. The van der Waals surface area contributed by atoms with E-state index < -0.39 is 0 Å². The predicted molar refractivity (Wildman–Crippen MR) is 62.9 cm³/mol. The third-order valence-corrected chi connectivity index (χ3v) is 2.37. The molecule has 0 fully saturated rings. The van der Waals surface area contributed by atoms with Gasteiger partial charge in [0.05, 0.1) is 6.20 Å². The van der Waals surface area contributed by atoms with Crippen LogP contribution in [0.15, 0.2) is 6.20 Å². The minimum absolute atomic E-state index is 0.903. The van der Waals surface area contributed by atoms with Gasteiger partial charge < -0.3 is 5.32 Å². The molecule has 0 spiro atoms. The van der Waals surface area contributed by atoms with Gasteiger partial charge in [0.25, 0.3) is 0 Å². The normalized spacial score (nSPS) is 10.5. The molecule has 0 aliphatic heterocycles. The summed E-state index contributed by atoms with van der Waals surface area (Å²) in [6.07, 6.45) is 8.08. The van der Waals surface area contributed by atoms with Crippen molar-refractivity contribution in [3.63, 3.8) is 0 Å². The maximum absolute atomic E-state index is 4.07. The molecule has 1 rings (SSSR count). The Morgan fingerprint density at radius 1 is 1.20 bits per heavy atom. The van der Waals surface area contributed by atoms with E-state index in [1.165, 1.54) is 32.1 Å². The largest absolute Gasteiger partial charge is 0.367 e. The van der Waals surface area contributed by atoms with Crippen molar-refractivity contribution < 1.29 is 0 Å². The molecule has 86 valence electrons. The zero-order chi connectivity index (χ0) is 10.9.